The van der Waals surface area contributed by atoms with Crippen LogP contribution in [-0.4, -0.2) is 67.6 Å². The smallest absolute Gasteiger partial charge is 0.261 e. The molecular formula is C16H17NO6. The van der Waals surface area contributed by atoms with Crippen molar-refractivity contribution in [1.82, 2.24) is 4.90 Å². The molecule has 0 bridgehead atoms. The Morgan fingerprint density at radius 1 is 0.783 bits per heavy atom. The van der Waals surface area contributed by atoms with Gasteiger partial charge in [0.15, 0.2) is 0 Å². The molecule has 122 valence electrons. The molecule has 3 aliphatic rings. The van der Waals surface area contributed by atoms with Gasteiger partial charge in [0, 0.05) is 0 Å². The SMILES string of the molecule is O=C1c2ccccc2C(=O)N1[C@H]1[C@H](O)[C@H](O)[C@H](O)[C@H](O)[C@H]2C[C@H]21. The van der Waals surface area contributed by atoms with Crippen molar-refractivity contribution in [3.05, 3.63) is 35.4 Å². The predicted octanol–water partition coefficient (Wildman–Crippen LogP) is -1.26. The Labute approximate surface area is 131 Å². The second kappa shape index (κ2) is 4.85. The zero-order valence-corrected chi connectivity index (χ0v) is 12.1. The lowest BCUT2D eigenvalue weighted by Crippen LogP contribution is -2.54. The highest BCUT2D eigenvalue weighted by atomic mass is 16.4. The van der Waals surface area contributed by atoms with Gasteiger partial charge in [0.1, 0.15) is 18.3 Å². The van der Waals surface area contributed by atoms with Crippen molar-refractivity contribution in [3.63, 3.8) is 0 Å². The van der Waals surface area contributed by atoms with Crippen molar-refractivity contribution in [2.45, 2.75) is 36.9 Å². The minimum atomic E-state index is -1.62. The van der Waals surface area contributed by atoms with Gasteiger partial charge in [-0.05, 0) is 30.4 Å². The van der Waals surface area contributed by atoms with Gasteiger partial charge in [-0.25, -0.2) is 0 Å². The van der Waals surface area contributed by atoms with E-state index in [0.717, 1.165) is 4.90 Å². The molecule has 1 heterocycles. The van der Waals surface area contributed by atoms with Crippen LogP contribution in [0.15, 0.2) is 24.3 Å². The number of hydrogen-bond donors (Lipinski definition) is 4. The Kier molecular flexibility index (Phi) is 3.11. The van der Waals surface area contributed by atoms with Crippen LogP contribution in [0.2, 0.25) is 0 Å². The topological polar surface area (TPSA) is 118 Å². The Balaban J connectivity index is 1.74. The molecule has 23 heavy (non-hydrogen) atoms. The first-order chi connectivity index (χ1) is 10.9. The number of carbonyl (C=O) groups is 2. The number of benzene rings is 1. The minimum Gasteiger partial charge on any atom is -0.390 e. The second-order valence-electron chi connectivity index (χ2n) is 6.54. The summed E-state index contributed by atoms with van der Waals surface area (Å²) >= 11 is 0. The van der Waals surface area contributed by atoms with Crippen molar-refractivity contribution in [2.24, 2.45) is 11.8 Å². The average Bonchev–Trinajstić information content (AvgIpc) is 3.31. The van der Waals surface area contributed by atoms with Gasteiger partial charge in [0.05, 0.1) is 23.3 Å². The molecule has 0 aromatic heterocycles. The largest absolute Gasteiger partial charge is 0.390 e. The van der Waals surface area contributed by atoms with E-state index < -0.39 is 42.3 Å². The van der Waals surface area contributed by atoms with Crippen molar-refractivity contribution in [1.29, 1.82) is 0 Å². The van der Waals surface area contributed by atoms with E-state index in [1.165, 1.54) is 0 Å². The van der Waals surface area contributed by atoms with Gasteiger partial charge in [0.2, 0.25) is 0 Å². The normalized spacial score (nSPS) is 42.3. The number of rotatable bonds is 1. The van der Waals surface area contributed by atoms with Crippen molar-refractivity contribution in [3.8, 4) is 0 Å². The molecule has 0 spiro atoms. The van der Waals surface area contributed by atoms with Gasteiger partial charge < -0.3 is 20.4 Å². The minimum absolute atomic E-state index is 0.265. The molecular weight excluding hydrogens is 302 g/mol. The number of imide groups is 1. The van der Waals surface area contributed by atoms with E-state index >= 15 is 0 Å². The van der Waals surface area contributed by atoms with E-state index in [-0.39, 0.29) is 23.0 Å². The lowest BCUT2D eigenvalue weighted by molar-refractivity contribution is -0.111. The van der Waals surface area contributed by atoms with Crippen LogP contribution in [0.4, 0.5) is 0 Å². The Morgan fingerprint density at radius 2 is 1.30 bits per heavy atom. The van der Waals surface area contributed by atoms with Crippen LogP contribution in [0, 0.1) is 11.8 Å². The summed E-state index contributed by atoms with van der Waals surface area (Å²) < 4.78 is 0. The van der Waals surface area contributed by atoms with Crippen LogP contribution in [0.3, 0.4) is 0 Å². The molecule has 2 aliphatic carbocycles. The van der Waals surface area contributed by atoms with Gasteiger partial charge in [-0.15, -0.1) is 0 Å². The van der Waals surface area contributed by atoms with Crippen LogP contribution in [0.25, 0.3) is 0 Å². The van der Waals surface area contributed by atoms with Gasteiger partial charge in [-0.2, -0.15) is 0 Å². The lowest BCUT2D eigenvalue weighted by atomic mass is 9.98. The maximum Gasteiger partial charge on any atom is 0.261 e. The van der Waals surface area contributed by atoms with E-state index in [1.54, 1.807) is 24.3 Å². The number of aliphatic hydroxyl groups excluding tert-OH is 4. The van der Waals surface area contributed by atoms with E-state index in [2.05, 4.69) is 0 Å². The third-order valence-corrected chi connectivity index (χ3v) is 5.29. The molecule has 7 heteroatoms. The highest BCUT2D eigenvalue weighted by Gasteiger charge is 2.61. The summed E-state index contributed by atoms with van der Waals surface area (Å²) in [6.07, 6.45) is -5.31. The van der Waals surface area contributed by atoms with Gasteiger partial charge in [-0.1, -0.05) is 12.1 Å². The first-order valence-corrected chi connectivity index (χ1v) is 7.62. The molecule has 2 amide bonds. The summed E-state index contributed by atoms with van der Waals surface area (Å²) in [5.74, 6) is -1.70. The predicted molar refractivity (Wildman–Crippen MR) is 76.4 cm³/mol. The van der Waals surface area contributed by atoms with Gasteiger partial charge in [-0.3, -0.25) is 14.5 Å². The number of nitrogens with zero attached hydrogens (tertiary/aromatic N) is 1. The summed E-state index contributed by atoms with van der Waals surface area (Å²) in [4.78, 5) is 26.2. The fourth-order valence-electron chi connectivity index (χ4n) is 3.96. The third kappa shape index (κ3) is 1.91. The van der Waals surface area contributed by atoms with E-state index in [1.807, 2.05) is 0 Å². The van der Waals surface area contributed by atoms with Crippen molar-refractivity contribution in [2.75, 3.05) is 0 Å². The standard InChI is InChI=1S/C16H17NO6/c18-11-9-5-8(9)10(12(19)14(21)13(11)20)17-15(22)6-3-1-2-4-7(6)16(17)23/h1-4,8-14,18-21H,5H2/t8-,9+,10-,11-,12+,13-,14+/m1/s1. The quantitative estimate of drug-likeness (QED) is 0.480. The maximum absolute atomic E-state index is 12.6. The molecule has 0 saturated heterocycles. The number of carbonyl (C=O) groups excluding carboxylic acids is 2. The van der Waals surface area contributed by atoms with Crippen LogP contribution in [0.1, 0.15) is 27.1 Å². The molecule has 1 aliphatic heterocycles. The summed E-state index contributed by atoms with van der Waals surface area (Å²) in [7, 11) is 0. The molecule has 1 aromatic rings. The molecule has 7 nitrogen and oxygen atoms in total. The highest BCUT2D eigenvalue weighted by molar-refractivity contribution is 6.21. The van der Waals surface area contributed by atoms with Crippen molar-refractivity contribution < 1.29 is 30.0 Å². The molecule has 4 N–H and O–H groups in total. The summed E-state index contributed by atoms with van der Waals surface area (Å²) in [5, 5.41) is 40.4. The van der Waals surface area contributed by atoms with Crippen LogP contribution in [-0.2, 0) is 0 Å². The average molecular weight is 319 g/mol. The molecule has 0 radical (unpaired) electrons. The summed E-state index contributed by atoms with van der Waals surface area (Å²) in [6.45, 7) is 0. The van der Waals surface area contributed by atoms with Crippen molar-refractivity contribution >= 4 is 11.8 Å². The maximum atomic E-state index is 12.6. The lowest BCUT2D eigenvalue weighted by Gasteiger charge is -2.33. The second-order valence-corrected chi connectivity index (χ2v) is 6.54. The number of amides is 2. The van der Waals surface area contributed by atoms with E-state index in [4.69, 9.17) is 0 Å². The molecule has 7 atom stereocenters. The molecule has 1 aromatic carbocycles. The van der Waals surface area contributed by atoms with Gasteiger partial charge in [0.25, 0.3) is 11.8 Å². The first-order valence-electron chi connectivity index (χ1n) is 7.62. The monoisotopic (exact) mass is 319 g/mol. The van der Waals surface area contributed by atoms with Crippen LogP contribution in [0.5, 0.6) is 0 Å². The molecule has 4 rings (SSSR count). The fraction of sp³-hybridized carbons (Fsp3) is 0.500. The Bertz CT molecular complexity index is 656. The Morgan fingerprint density at radius 3 is 1.87 bits per heavy atom. The molecule has 2 saturated carbocycles. The number of aliphatic hydroxyl groups is 4. The highest BCUT2D eigenvalue weighted by Crippen LogP contribution is 2.51. The number of hydrogen-bond acceptors (Lipinski definition) is 6. The van der Waals surface area contributed by atoms with Gasteiger partial charge >= 0.3 is 0 Å². The van der Waals surface area contributed by atoms with Crippen LogP contribution >= 0.6 is 0 Å². The number of fused-ring (bicyclic) bond motifs is 2. The molecule has 0 unspecified atom stereocenters. The molecule has 2 fully saturated rings. The Hall–Kier alpha value is -1.80. The van der Waals surface area contributed by atoms with Crippen LogP contribution < -0.4 is 0 Å². The zero-order chi connectivity index (χ0) is 16.5. The third-order valence-electron chi connectivity index (χ3n) is 5.29. The van der Waals surface area contributed by atoms with E-state index in [9.17, 15) is 30.0 Å². The fourth-order valence-corrected chi connectivity index (χ4v) is 3.96. The first kappa shape index (κ1) is 14.8. The van der Waals surface area contributed by atoms with E-state index in [0.29, 0.717) is 6.42 Å². The zero-order valence-electron chi connectivity index (χ0n) is 12.1. The summed E-state index contributed by atoms with van der Waals surface area (Å²) in [6, 6.07) is 5.44. The summed E-state index contributed by atoms with van der Waals surface area (Å²) in [5.41, 5.74) is 0.531.